The SMILES string of the molecule is C=CCCCN(C)C(=NCc1ncccc1F)NCC. The van der Waals surface area contributed by atoms with Crippen molar-refractivity contribution in [3.63, 3.8) is 0 Å². The number of nitrogens with zero attached hydrogens (tertiary/aromatic N) is 3. The average Bonchev–Trinajstić information content (AvgIpc) is 2.45. The molecule has 20 heavy (non-hydrogen) atoms. The van der Waals surface area contributed by atoms with E-state index in [2.05, 4.69) is 21.9 Å². The second-order valence-corrected chi connectivity index (χ2v) is 4.45. The van der Waals surface area contributed by atoms with Crippen molar-refractivity contribution in [1.29, 1.82) is 0 Å². The third-order valence-electron chi connectivity index (χ3n) is 2.81. The summed E-state index contributed by atoms with van der Waals surface area (Å²) in [5.74, 6) is 0.447. The minimum absolute atomic E-state index is 0.237. The molecule has 5 heteroatoms. The van der Waals surface area contributed by atoms with Gasteiger partial charge in [-0.25, -0.2) is 9.38 Å². The molecule has 0 saturated heterocycles. The van der Waals surface area contributed by atoms with Gasteiger partial charge in [-0.2, -0.15) is 0 Å². The molecular weight excluding hydrogens is 255 g/mol. The molecular formula is C15H23FN4. The number of rotatable bonds is 7. The summed E-state index contributed by atoms with van der Waals surface area (Å²) in [6, 6.07) is 2.98. The number of nitrogens with one attached hydrogen (secondary N) is 1. The highest BCUT2D eigenvalue weighted by atomic mass is 19.1. The van der Waals surface area contributed by atoms with E-state index in [1.807, 2.05) is 24.9 Å². The Morgan fingerprint density at radius 1 is 1.60 bits per heavy atom. The van der Waals surface area contributed by atoms with Crippen LogP contribution in [-0.4, -0.2) is 36.0 Å². The van der Waals surface area contributed by atoms with Crippen molar-refractivity contribution in [1.82, 2.24) is 15.2 Å². The maximum Gasteiger partial charge on any atom is 0.194 e. The lowest BCUT2D eigenvalue weighted by molar-refractivity contribution is 0.469. The smallest absolute Gasteiger partial charge is 0.194 e. The first kappa shape index (κ1) is 16.1. The first-order valence-corrected chi connectivity index (χ1v) is 6.88. The van der Waals surface area contributed by atoms with Gasteiger partial charge in [-0.05, 0) is 31.9 Å². The van der Waals surface area contributed by atoms with Crippen LogP contribution in [0.2, 0.25) is 0 Å². The Morgan fingerprint density at radius 3 is 3.05 bits per heavy atom. The number of pyridine rings is 1. The van der Waals surface area contributed by atoms with Crippen LogP contribution >= 0.6 is 0 Å². The monoisotopic (exact) mass is 278 g/mol. The summed E-state index contributed by atoms with van der Waals surface area (Å²) in [4.78, 5) is 10.5. The van der Waals surface area contributed by atoms with Gasteiger partial charge in [0.05, 0.1) is 12.2 Å². The Morgan fingerprint density at radius 2 is 2.40 bits per heavy atom. The molecule has 0 atom stereocenters. The van der Waals surface area contributed by atoms with Gasteiger partial charge >= 0.3 is 0 Å². The minimum Gasteiger partial charge on any atom is -0.357 e. The van der Waals surface area contributed by atoms with E-state index in [1.54, 1.807) is 12.3 Å². The van der Waals surface area contributed by atoms with E-state index < -0.39 is 0 Å². The van der Waals surface area contributed by atoms with Gasteiger partial charge in [-0.1, -0.05) is 6.08 Å². The van der Waals surface area contributed by atoms with Crippen molar-refractivity contribution in [2.24, 2.45) is 4.99 Å². The molecule has 0 spiro atoms. The standard InChI is InChI=1S/C15H23FN4/c1-4-6-7-11-20(3)15(17-5-2)19-12-14-13(16)9-8-10-18-14/h4,8-10H,1,5-7,11-12H2,2-3H3,(H,17,19). The largest absolute Gasteiger partial charge is 0.357 e. The summed E-state index contributed by atoms with van der Waals surface area (Å²) in [7, 11) is 1.97. The number of allylic oxidation sites excluding steroid dienone is 1. The number of hydrogen-bond acceptors (Lipinski definition) is 2. The first-order chi connectivity index (χ1) is 9.69. The maximum absolute atomic E-state index is 13.5. The van der Waals surface area contributed by atoms with E-state index in [9.17, 15) is 4.39 Å². The average molecular weight is 278 g/mol. The maximum atomic E-state index is 13.5. The highest BCUT2D eigenvalue weighted by Gasteiger charge is 2.06. The molecule has 0 aromatic carbocycles. The van der Waals surface area contributed by atoms with Crippen molar-refractivity contribution in [2.75, 3.05) is 20.1 Å². The molecule has 0 radical (unpaired) electrons. The molecule has 1 aromatic heterocycles. The lowest BCUT2D eigenvalue weighted by Gasteiger charge is -2.21. The van der Waals surface area contributed by atoms with E-state index in [-0.39, 0.29) is 12.4 Å². The fourth-order valence-electron chi connectivity index (χ4n) is 1.73. The van der Waals surface area contributed by atoms with Crippen LogP contribution in [0.5, 0.6) is 0 Å². The van der Waals surface area contributed by atoms with Crippen LogP contribution in [0.1, 0.15) is 25.5 Å². The molecule has 1 heterocycles. The van der Waals surface area contributed by atoms with Crippen LogP contribution in [0.4, 0.5) is 4.39 Å². The van der Waals surface area contributed by atoms with E-state index in [4.69, 9.17) is 0 Å². The fraction of sp³-hybridized carbons (Fsp3) is 0.467. The summed E-state index contributed by atoms with van der Waals surface area (Å²) in [6.07, 6.45) is 5.47. The Labute approximate surface area is 120 Å². The molecule has 1 aromatic rings. The molecule has 0 aliphatic rings. The van der Waals surface area contributed by atoms with Crippen LogP contribution in [0.15, 0.2) is 36.0 Å². The Bertz CT molecular complexity index is 445. The van der Waals surface area contributed by atoms with Crippen LogP contribution in [0.25, 0.3) is 0 Å². The molecule has 0 saturated carbocycles. The van der Waals surface area contributed by atoms with Crippen molar-refractivity contribution in [2.45, 2.75) is 26.3 Å². The lowest BCUT2D eigenvalue weighted by Crippen LogP contribution is -2.39. The normalized spacial score (nSPS) is 11.2. The van der Waals surface area contributed by atoms with Crippen molar-refractivity contribution >= 4 is 5.96 Å². The number of hydrogen-bond donors (Lipinski definition) is 1. The summed E-state index contributed by atoms with van der Waals surface area (Å²) < 4.78 is 13.5. The zero-order valence-corrected chi connectivity index (χ0v) is 12.3. The second kappa shape index (κ2) is 9.07. The minimum atomic E-state index is -0.318. The summed E-state index contributed by atoms with van der Waals surface area (Å²) in [6.45, 7) is 7.61. The van der Waals surface area contributed by atoms with Gasteiger partial charge in [0.25, 0.3) is 0 Å². The van der Waals surface area contributed by atoms with E-state index in [1.165, 1.54) is 6.07 Å². The summed E-state index contributed by atoms with van der Waals surface area (Å²) in [5.41, 5.74) is 0.363. The van der Waals surface area contributed by atoms with Crippen LogP contribution in [0, 0.1) is 5.82 Å². The van der Waals surface area contributed by atoms with Crippen LogP contribution in [-0.2, 0) is 6.54 Å². The Balaban J connectivity index is 2.66. The third-order valence-corrected chi connectivity index (χ3v) is 2.81. The molecule has 0 fully saturated rings. The first-order valence-electron chi connectivity index (χ1n) is 6.88. The molecule has 0 aliphatic heterocycles. The van der Waals surface area contributed by atoms with Crippen LogP contribution < -0.4 is 5.32 Å². The quantitative estimate of drug-likeness (QED) is 0.361. The zero-order valence-electron chi connectivity index (χ0n) is 12.3. The predicted molar refractivity (Wildman–Crippen MR) is 81.1 cm³/mol. The van der Waals surface area contributed by atoms with E-state index in [0.29, 0.717) is 5.69 Å². The number of guanidine groups is 1. The van der Waals surface area contributed by atoms with Crippen molar-refractivity contribution in [3.05, 3.63) is 42.5 Å². The molecule has 0 aliphatic carbocycles. The van der Waals surface area contributed by atoms with E-state index in [0.717, 1.165) is 31.9 Å². The highest BCUT2D eigenvalue weighted by Crippen LogP contribution is 2.04. The molecule has 0 bridgehead atoms. The van der Waals surface area contributed by atoms with Gasteiger partial charge in [-0.15, -0.1) is 6.58 Å². The van der Waals surface area contributed by atoms with Gasteiger partial charge in [0.2, 0.25) is 0 Å². The van der Waals surface area contributed by atoms with Gasteiger partial charge in [0.15, 0.2) is 5.96 Å². The van der Waals surface area contributed by atoms with Gasteiger partial charge in [-0.3, -0.25) is 4.98 Å². The molecule has 4 nitrogen and oxygen atoms in total. The number of halogens is 1. The number of unbranched alkanes of at least 4 members (excludes halogenated alkanes) is 1. The van der Waals surface area contributed by atoms with Gasteiger partial charge < -0.3 is 10.2 Å². The third kappa shape index (κ3) is 5.38. The molecule has 0 amide bonds. The Hall–Kier alpha value is -1.91. The molecule has 0 unspecified atom stereocenters. The molecule has 1 N–H and O–H groups in total. The van der Waals surface area contributed by atoms with Crippen molar-refractivity contribution in [3.8, 4) is 0 Å². The Kier molecular flexibility index (Phi) is 7.32. The number of aromatic nitrogens is 1. The summed E-state index contributed by atoms with van der Waals surface area (Å²) in [5, 5.41) is 3.20. The molecule has 1 rings (SSSR count). The van der Waals surface area contributed by atoms with Crippen LogP contribution in [0.3, 0.4) is 0 Å². The van der Waals surface area contributed by atoms with E-state index >= 15 is 0 Å². The number of aliphatic imine (C=N–C) groups is 1. The van der Waals surface area contributed by atoms with Gasteiger partial charge in [0.1, 0.15) is 5.82 Å². The fourth-order valence-corrected chi connectivity index (χ4v) is 1.73. The van der Waals surface area contributed by atoms with Crippen molar-refractivity contribution < 1.29 is 4.39 Å². The summed E-state index contributed by atoms with van der Waals surface area (Å²) >= 11 is 0. The second-order valence-electron chi connectivity index (χ2n) is 4.45. The highest BCUT2D eigenvalue weighted by molar-refractivity contribution is 5.79. The zero-order chi connectivity index (χ0) is 14.8. The topological polar surface area (TPSA) is 40.5 Å². The molecule has 110 valence electrons. The predicted octanol–water partition coefficient (Wildman–Crippen LogP) is 2.58. The lowest BCUT2D eigenvalue weighted by atomic mass is 10.3. The van der Waals surface area contributed by atoms with Gasteiger partial charge in [0, 0.05) is 26.3 Å².